The zero-order valence-corrected chi connectivity index (χ0v) is 19.5. The van der Waals surface area contributed by atoms with Gasteiger partial charge in [-0.1, -0.05) is 23.8 Å². The largest absolute Gasteiger partial charge is 0.497 e. The predicted octanol–water partition coefficient (Wildman–Crippen LogP) is 1.67. The van der Waals surface area contributed by atoms with Crippen LogP contribution in [0, 0.1) is 6.92 Å². The summed E-state index contributed by atoms with van der Waals surface area (Å²) in [5.74, 6) is -2.11. The molecule has 1 saturated heterocycles. The van der Waals surface area contributed by atoms with Crippen molar-refractivity contribution in [2.24, 2.45) is 0 Å². The first-order valence-electron chi connectivity index (χ1n) is 10.0. The van der Waals surface area contributed by atoms with E-state index >= 15 is 0 Å². The van der Waals surface area contributed by atoms with Gasteiger partial charge in [-0.15, -0.1) is 0 Å². The van der Waals surface area contributed by atoms with E-state index in [1.165, 1.54) is 0 Å². The summed E-state index contributed by atoms with van der Waals surface area (Å²) in [6.07, 6.45) is 0. The molecule has 2 aromatic carbocycles. The second kappa shape index (κ2) is 11.6. The number of nitrogens with zero attached hydrogens (tertiary/aromatic N) is 2. The summed E-state index contributed by atoms with van der Waals surface area (Å²) in [6, 6.07) is 12.8. The van der Waals surface area contributed by atoms with Gasteiger partial charge in [-0.2, -0.15) is 4.31 Å². The lowest BCUT2D eigenvalue weighted by Gasteiger charge is -2.34. The van der Waals surface area contributed by atoms with Gasteiger partial charge in [0.25, 0.3) is 0 Å². The maximum atomic E-state index is 12.8. The van der Waals surface area contributed by atoms with Gasteiger partial charge in [0.15, 0.2) is 0 Å². The van der Waals surface area contributed by atoms with E-state index in [-0.39, 0.29) is 0 Å². The fourth-order valence-corrected chi connectivity index (χ4v) is 4.63. The molecule has 0 aromatic heterocycles. The van der Waals surface area contributed by atoms with Crippen molar-refractivity contribution in [1.29, 1.82) is 0 Å². The molecule has 2 aromatic rings. The topological polar surface area (TPSA) is 134 Å². The third kappa shape index (κ3) is 7.17. The molecule has 11 heteroatoms. The number of aryl methyl sites for hydroxylation is 1. The maximum absolute atomic E-state index is 12.8. The smallest absolute Gasteiger partial charge is 0.414 e. The summed E-state index contributed by atoms with van der Waals surface area (Å²) in [4.78, 5) is 20.8. The normalized spacial score (nSPS) is 14.6. The molecule has 1 aliphatic heterocycles. The van der Waals surface area contributed by atoms with Gasteiger partial charge in [0, 0.05) is 44.4 Å². The van der Waals surface area contributed by atoms with Gasteiger partial charge < -0.3 is 19.7 Å². The van der Waals surface area contributed by atoms with Gasteiger partial charge in [-0.25, -0.2) is 18.0 Å². The quantitative estimate of drug-likeness (QED) is 0.592. The second-order valence-electron chi connectivity index (χ2n) is 7.28. The third-order valence-corrected chi connectivity index (χ3v) is 6.97. The zero-order valence-electron chi connectivity index (χ0n) is 18.7. The van der Waals surface area contributed by atoms with Crippen molar-refractivity contribution in [3.05, 3.63) is 53.6 Å². The highest BCUT2D eigenvalue weighted by molar-refractivity contribution is 7.89. The minimum atomic E-state index is -3.43. The van der Waals surface area contributed by atoms with Crippen molar-refractivity contribution in [2.45, 2.75) is 18.4 Å². The van der Waals surface area contributed by atoms with Crippen molar-refractivity contribution in [3.8, 4) is 11.5 Å². The van der Waals surface area contributed by atoms with Crippen LogP contribution in [0.5, 0.6) is 11.5 Å². The number of carboxylic acid groups (broad SMARTS) is 2. The minimum absolute atomic E-state index is 0.360. The SMILES string of the molecule is COc1ccc(CN2CCN(S(=O)(=O)c3ccc(C)cc3)CC2)c(OC)c1.O=C(O)C(=O)O. The van der Waals surface area contributed by atoms with Crippen LogP contribution in [0.25, 0.3) is 0 Å². The monoisotopic (exact) mass is 480 g/mol. The van der Waals surface area contributed by atoms with Crippen molar-refractivity contribution < 1.29 is 37.7 Å². The second-order valence-corrected chi connectivity index (χ2v) is 9.22. The molecular formula is C22H28N2O8S. The number of hydrogen-bond donors (Lipinski definition) is 2. The highest BCUT2D eigenvalue weighted by Gasteiger charge is 2.28. The first-order chi connectivity index (χ1) is 15.6. The molecule has 0 atom stereocenters. The number of benzene rings is 2. The summed E-state index contributed by atoms with van der Waals surface area (Å²) in [7, 11) is -0.161. The molecule has 0 spiro atoms. The molecular weight excluding hydrogens is 452 g/mol. The first-order valence-corrected chi connectivity index (χ1v) is 11.5. The number of rotatable bonds is 6. The Bertz CT molecular complexity index is 1050. The lowest BCUT2D eigenvalue weighted by atomic mass is 10.1. The van der Waals surface area contributed by atoms with Crippen LogP contribution in [0.1, 0.15) is 11.1 Å². The summed E-state index contributed by atoms with van der Waals surface area (Å²) >= 11 is 0. The van der Waals surface area contributed by atoms with Gasteiger partial charge in [0.1, 0.15) is 11.5 Å². The maximum Gasteiger partial charge on any atom is 0.414 e. The van der Waals surface area contributed by atoms with Crippen LogP contribution in [-0.4, -0.2) is 80.2 Å². The lowest BCUT2D eigenvalue weighted by Crippen LogP contribution is -2.48. The molecule has 3 rings (SSSR count). The lowest BCUT2D eigenvalue weighted by molar-refractivity contribution is -0.159. The van der Waals surface area contributed by atoms with Crippen molar-refractivity contribution >= 4 is 22.0 Å². The Morgan fingerprint density at radius 2 is 1.48 bits per heavy atom. The highest BCUT2D eigenvalue weighted by atomic mass is 32.2. The molecule has 0 saturated carbocycles. The van der Waals surface area contributed by atoms with E-state index in [1.54, 1.807) is 30.7 Å². The zero-order chi connectivity index (χ0) is 24.6. The van der Waals surface area contributed by atoms with Gasteiger partial charge in [0.2, 0.25) is 10.0 Å². The van der Waals surface area contributed by atoms with Crippen LogP contribution < -0.4 is 9.47 Å². The molecule has 2 N–H and O–H groups in total. The third-order valence-electron chi connectivity index (χ3n) is 5.06. The van der Waals surface area contributed by atoms with E-state index in [4.69, 9.17) is 29.3 Å². The average molecular weight is 481 g/mol. The number of aliphatic carboxylic acids is 2. The Balaban J connectivity index is 0.000000569. The predicted molar refractivity (Wildman–Crippen MR) is 120 cm³/mol. The average Bonchev–Trinajstić information content (AvgIpc) is 2.80. The van der Waals surface area contributed by atoms with Crippen molar-refractivity contribution in [2.75, 3.05) is 40.4 Å². The summed E-state index contributed by atoms with van der Waals surface area (Å²) in [6.45, 7) is 4.98. The Kier molecular flexibility index (Phi) is 9.21. The Hall–Kier alpha value is -3.15. The first kappa shape index (κ1) is 26.1. The number of ether oxygens (including phenoxy) is 2. The molecule has 0 amide bonds. The number of methoxy groups -OCH3 is 2. The molecule has 1 fully saturated rings. The van der Waals surface area contributed by atoms with E-state index in [1.807, 2.05) is 37.3 Å². The fraction of sp³-hybridized carbons (Fsp3) is 0.364. The van der Waals surface area contributed by atoms with E-state index in [0.29, 0.717) is 37.6 Å². The molecule has 0 bridgehead atoms. The van der Waals surface area contributed by atoms with Crippen LogP contribution in [0.4, 0.5) is 0 Å². The molecule has 0 aliphatic carbocycles. The van der Waals surface area contributed by atoms with Gasteiger partial charge in [-0.3, -0.25) is 4.90 Å². The number of carbonyl (C=O) groups is 2. The number of carboxylic acids is 2. The van der Waals surface area contributed by atoms with E-state index in [2.05, 4.69) is 4.90 Å². The summed E-state index contributed by atoms with van der Waals surface area (Å²) in [5.41, 5.74) is 2.11. The molecule has 10 nitrogen and oxygen atoms in total. The number of sulfonamides is 1. The molecule has 1 heterocycles. The van der Waals surface area contributed by atoms with Crippen LogP contribution in [0.3, 0.4) is 0 Å². The molecule has 0 radical (unpaired) electrons. The van der Waals surface area contributed by atoms with Crippen LogP contribution in [-0.2, 0) is 26.2 Å². The van der Waals surface area contributed by atoms with E-state index in [0.717, 1.165) is 22.6 Å². The van der Waals surface area contributed by atoms with Gasteiger partial charge in [0.05, 0.1) is 19.1 Å². The minimum Gasteiger partial charge on any atom is -0.497 e. The van der Waals surface area contributed by atoms with Crippen LogP contribution in [0.15, 0.2) is 47.4 Å². The standard InChI is InChI=1S/C20H26N2O4S.C2H2O4/c1-16-4-8-19(9-5-16)27(23,24)22-12-10-21(11-13-22)15-17-6-7-18(25-2)14-20(17)26-3;3-1(4)2(5)6/h4-9,14H,10-13,15H2,1-3H3;(H,3,4)(H,5,6). The summed E-state index contributed by atoms with van der Waals surface area (Å²) < 4.78 is 37.9. The Morgan fingerprint density at radius 1 is 0.909 bits per heavy atom. The van der Waals surface area contributed by atoms with Gasteiger partial charge in [-0.05, 0) is 25.1 Å². The summed E-state index contributed by atoms with van der Waals surface area (Å²) in [5, 5.41) is 14.8. The Labute approximate surface area is 193 Å². The molecule has 0 unspecified atom stereocenters. The van der Waals surface area contributed by atoms with Gasteiger partial charge >= 0.3 is 11.9 Å². The van der Waals surface area contributed by atoms with Crippen molar-refractivity contribution in [3.63, 3.8) is 0 Å². The molecule has 33 heavy (non-hydrogen) atoms. The fourth-order valence-electron chi connectivity index (χ4n) is 3.21. The van der Waals surface area contributed by atoms with Crippen LogP contribution in [0.2, 0.25) is 0 Å². The molecule has 1 aliphatic rings. The van der Waals surface area contributed by atoms with E-state index in [9.17, 15) is 8.42 Å². The molecule has 180 valence electrons. The Morgan fingerprint density at radius 3 is 1.97 bits per heavy atom. The van der Waals surface area contributed by atoms with E-state index < -0.39 is 22.0 Å². The number of piperazine rings is 1. The van der Waals surface area contributed by atoms with Crippen LogP contribution >= 0.6 is 0 Å². The highest BCUT2D eigenvalue weighted by Crippen LogP contribution is 2.26. The van der Waals surface area contributed by atoms with Crippen molar-refractivity contribution in [1.82, 2.24) is 9.21 Å². The number of hydrogen-bond acceptors (Lipinski definition) is 7.